The van der Waals surface area contributed by atoms with Crippen molar-refractivity contribution in [1.82, 2.24) is 0 Å². The number of hydrogen-bond acceptors (Lipinski definition) is 1. The van der Waals surface area contributed by atoms with Crippen molar-refractivity contribution in [3.05, 3.63) is 27.7 Å². The molecule has 0 rings (SSSR count). The van der Waals surface area contributed by atoms with Gasteiger partial charge in [-0.1, -0.05) is 53.4 Å². The van der Waals surface area contributed by atoms with Gasteiger partial charge in [0.25, 0.3) is 0 Å². The second kappa shape index (κ2) is 65.3. The molecule has 0 unspecified atom stereocenters. The maximum atomic E-state index is 8.34. The van der Waals surface area contributed by atoms with E-state index in [0.717, 1.165) is 25.7 Å². The van der Waals surface area contributed by atoms with E-state index in [4.69, 9.17) is 2.81 Å². The van der Waals surface area contributed by atoms with E-state index < -0.39 is 0 Å². The Morgan fingerprint density at radius 1 is 0.556 bits per heavy atom. The molecule has 0 bridgehead atoms. The Morgan fingerprint density at radius 3 is 0.611 bits per heavy atom. The molecule has 0 heterocycles. The van der Waals surface area contributed by atoms with Crippen molar-refractivity contribution < 1.29 is 27.5 Å². The Balaban J connectivity index is -0.0000000399. The number of unbranched alkanes of at least 4 members (excludes halogenated alkanes) is 4. The van der Waals surface area contributed by atoms with Crippen LogP contribution in [0.3, 0.4) is 0 Å². The van der Waals surface area contributed by atoms with E-state index in [0.29, 0.717) is 24.7 Å². The van der Waals surface area contributed by atoms with E-state index in [9.17, 15) is 0 Å². The van der Waals surface area contributed by atoms with Crippen LogP contribution in [0.4, 0.5) is 0 Å². The van der Waals surface area contributed by atoms with Gasteiger partial charge >= 0.3 is 27.5 Å². The second-order valence-corrected chi connectivity index (χ2v) is 3.41. The van der Waals surface area contributed by atoms with Crippen LogP contribution in [0.15, 0.2) is 0 Å². The molecular formula is C16H36OZr-4. The van der Waals surface area contributed by atoms with Gasteiger partial charge in [-0.3, -0.25) is 0 Å². The fourth-order valence-corrected chi connectivity index (χ4v) is 0. The zero-order valence-corrected chi connectivity index (χ0v) is 15.9. The summed E-state index contributed by atoms with van der Waals surface area (Å²) in [5.74, 6) is 0. The fraction of sp³-hybridized carbons (Fsp3) is 0.750. The molecule has 0 aliphatic carbocycles. The molecule has 2 heteroatoms. The quantitative estimate of drug-likeness (QED) is 0.546. The summed E-state index contributed by atoms with van der Waals surface area (Å²) in [5.41, 5.74) is 0. The average molecular weight is 336 g/mol. The molecule has 0 spiro atoms. The molecular weight excluding hydrogens is 299 g/mol. The minimum atomic E-state index is 0.300. The van der Waals surface area contributed by atoms with Crippen LogP contribution in [-0.2, 0) is 27.5 Å². The van der Waals surface area contributed by atoms with E-state index in [1.807, 2.05) is 0 Å². The molecule has 0 aliphatic rings. The molecule has 0 N–H and O–H groups in total. The molecule has 0 atom stereocenters. The second-order valence-electron chi connectivity index (χ2n) is 3.41. The number of hydrogen-bond donors (Lipinski definition) is 0. The third kappa shape index (κ3) is 187. The molecule has 0 aromatic heterocycles. The molecule has 0 aromatic carbocycles. The summed E-state index contributed by atoms with van der Waals surface area (Å²) in [6.45, 7) is 22.9. The normalized spacial score (nSPS) is 6.83. The van der Waals surface area contributed by atoms with E-state index in [2.05, 4.69) is 55.4 Å². The van der Waals surface area contributed by atoms with E-state index in [1.54, 1.807) is 0 Å². The SMILES string of the molecule is [CH2-]CCC.[CH2-]CCC.[CH2-]CCC.[CH2-]CCC.[O]=[Zr]. The first-order chi connectivity index (χ1) is 8.66. The van der Waals surface area contributed by atoms with Crippen LogP contribution < -0.4 is 0 Å². The predicted octanol–water partition coefficient (Wildman–Crippen LogP) is 6.36. The predicted molar refractivity (Wildman–Crippen MR) is 81.7 cm³/mol. The zero-order valence-electron chi connectivity index (χ0n) is 13.4. The van der Waals surface area contributed by atoms with Gasteiger partial charge in [0.05, 0.1) is 0 Å². The minimum absolute atomic E-state index is 0.300. The van der Waals surface area contributed by atoms with Crippen molar-refractivity contribution >= 4 is 0 Å². The molecule has 0 aromatic rings. The molecule has 0 aliphatic heterocycles. The van der Waals surface area contributed by atoms with Crippen molar-refractivity contribution in [2.24, 2.45) is 0 Å². The number of rotatable bonds is 4. The van der Waals surface area contributed by atoms with Gasteiger partial charge in [-0.15, -0.1) is 0 Å². The van der Waals surface area contributed by atoms with Crippen LogP contribution >= 0.6 is 0 Å². The van der Waals surface area contributed by atoms with Gasteiger partial charge in [-0.05, 0) is 0 Å². The molecule has 0 saturated heterocycles. The summed E-state index contributed by atoms with van der Waals surface area (Å²) in [4.78, 5) is 0. The van der Waals surface area contributed by atoms with Crippen LogP contribution in [0.1, 0.15) is 79.1 Å². The van der Waals surface area contributed by atoms with Gasteiger partial charge in [0.1, 0.15) is 0 Å². The van der Waals surface area contributed by atoms with Crippen LogP contribution in [0, 0.1) is 27.7 Å². The summed E-state index contributed by atoms with van der Waals surface area (Å²) < 4.78 is 8.34. The van der Waals surface area contributed by atoms with Crippen LogP contribution in [0.5, 0.6) is 0 Å². The molecule has 0 radical (unpaired) electrons. The molecule has 0 fully saturated rings. The first-order valence-electron chi connectivity index (χ1n) is 7.03. The zero-order chi connectivity index (χ0) is 15.7. The van der Waals surface area contributed by atoms with Crippen LogP contribution in [0.2, 0.25) is 0 Å². The van der Waals surface area contributed by atoms with Gasteiger partial charge < -0.3 is 27.7 Å². The molecule has 0 saturated carbocycles. The summed E-state index contributed by atoms with van der Waals surface area (Å²) >= 11 is 0.300. The van der Waals surface area contributed by atoms with E-state index in [-0.39, 0.29) is 0 Å². The Kier molecular flexibility index (Phi) is 113. The van der Waals surface area contributed by atoms with Gasteiger partial charge in [0, 0.05) is 0 Å². The van der Waals surface area contributed by atoms with Gasteiger partial charge in [-0.25, -0.2) is 0 Å². The summed E-state index contributed by atoms with van der Waals surface area (Å²) in [6.07, 6.45) is 9.11. The standard InChI is InChI=1S/4C4H9.O.Zr/c4*1-3-4-2;;/h4*1,3-4H2,2H3;;/q4*-1;;. The topological polar surface area (TPSA) is 17.1 Å². The van der Waals surface area contributed by atoms with Crippen molar-refractivity contribution in [3.63, 3.8) is 0 Å². The van der Waals surface area contributed by atoms with Crippen molar-refractivity contribution in [3.8, 4) is 0 Å². The summed E-state index contributed by atoms with van der Waals surface area (Å²) in [5, 5.41) is 0. The van der Waals surface area contributed by atoms with Gasteiger partial charge in [-0.2, -0.15) is 25.7 Å². The monoisotopic (exact) mass is 334 g/mol. The molecule has 0 amide bonds. The van der Waals surface area contributed by atoms with Crippen molar-refractivity contribution in [2.45, 2.75) is 79.1 Å². The Bertz CT molecular complexity index is 44.1. The Morgan fingerprint density at radius 2 is 0.611 bits per heavy atom. The molecule has 18 heavy (non-hydrogen) atoms. The van der Waals surface area contributed by atoms with Crippen LogP contribution in [-0.4, -0.2) is 0 Å². The maximum absolute atomic E-state index is 8.34. The Labute approximate surface area is 134 Å². The van der Waals surface area contributed by atoms with Crippen molar-refractivity contribution in [1.29, 1.82) is 0 Å². The third-order valence-corrected chi connectivity index (χ3v) is 1.41. The third-order valence-electron chi connectivity index (χ3n) is 1.41. The average Bonchev–Trinajstić information content (AvgIpc) is 2.49. The summed E-state index contributed by atoms with van der Waals surface area (Å²) in [7, 11) is 0. The van der Waals surface area contributed by atoms with E-state index in [1.165, 1.54) is 25.7 Å². The molecule has 114 valence electrons. The first kappa shape index (κ1) is 31.2. The van der Waals surface area contributed by atoms with Crippen LogP contribution in [0.25, 0.3) is 0 Å². The fourth-order valence-electron chi connectivity index (χ4n) is 0. The van der Waals surface area contributed by atoms with E-state index >= 15 is 0 Å². The van der Waals surface area contributed by atoms with Gasteiger partial charge in [0.15, 0.2) is 0 Å². The van der Waals surface area contributed by atoms with Crippen molar-refractivity contribution in [2.75, 3.05) is 0 Å². The Hall–Kier alpha value is 0.683. The van der Waals surface area contributed by atoms with Gasteiger partial charge in [0.2, 0.25) is 0 Å². The first-order valence-corrected chi connectivity index (χ1v) is 8.04. The summed E-state index contributed by atoms with van der Waals surface area (Å²) in [6, 6.07) is 0. The molecule has 1 nitrogen and oxygen atoms in total.